The molecule has 0 rings (SSSR count). The fraction of sp³-hybridized carbons (Fsp3) is 0.714. The molecule has 0 spiro atoms. The number of unbranched alkanes of at least 4 members (excludes halogenated alkanes) is 1. The van der Waals surface area contributed by atoms with Crippen LogP contribution in [-0.4, -0.2) is 31.9 Å². The molecule has 0 saturated heterocycles. The molecule has 114 valence electrons. The molecule has 0 fully saturated rings. The lowest BCUT2D eigenvalue weighted by molar-refractivity contribution is 0.0194. The second-order valence-corrected chi connectivity index (χ2v) is 4.70. The molecule has 0 radical (unpaired) electrons. The zero-order valence-electron chi connectivity index (χ0n) is 12.2. The summed E-state index contributed by atoms with van der Waals surface area (Å²) in [4.78, 5) is 22.2. The van der Waals surface area contributed by atoms with Gasteiger partial charge in [0.25, 0.3) is 0 Å². The minimum Gasteiger partial charge on any atom is -0.449 e. The Morgan fingerprint density at radius 3 is 2.45 bits per heavy atom. The van der Waals surface area contributed by atoms with Gasteiger partial charge in [-0.05, 0) is 12.8 Å². The van der Waals surface area contributed by atoms with E-state index in [-0.39, 0.29) is 19.8 Å². The molecule has 0 aromatic rings. The molecule has 1 unspecified atom stereocenters. The van der Waals surface area contributed by atoms with Crippen molar-refractivity contribution in [2.75, 3.05) is 19.8 Å². The van der Waals surface area contributed by atoms with Crippen molar-refractivity contribution in [1.82, 2.24) is 5.32 Å². The number of primary amides is 1. The Bertz CT molecular complexity index is 352. The molecule has 6 nitrogen and oxygen atoms in total. The highest BCUT2D eigenvalue weighted by atomic mass is 16.6. The zero-order valence-corrected chi connectivity index (χ0v) is 12.2. The third-order valence-electron chi connectivity index (χ3n) is 3.18. The number of rotatable bonds is 9. The van der Waals surface area contributed by atoms with Crippen LogP contribution in [0.4, 0.5) is 9.59 Å². The summed E-state index contributed by atoms with van der Waals surface area (Å²) in [6.07, 6.45) is 7.09. The van der Waals surface area contributed by atoms with Gasteiger partial charge in [-0.25, -0.2) is 9.59 Å². The lowest BCUT2D eigenvalue weighted by atomic mass is 9.82. The van der Waals surface area contributed by atoms with Crippen LogP contribution in [0.3, 0.4) is 0 Å². The lowest BCUT2D eigenvalue weighted by Gasteiger charge is -2.31. The predicted molar refractivity (Wildman–Crippen MR) is 76.0 cm³/mol. The minimum absolute atomic E-state index is 0.116. The average molecular weight is 284 g/mol. The molecular weight excluding hydrogens is 260 g/mol. The number of hydrogen-bond acceptors (Lipinski definition) is 4. The minimum atomic E-state index is -0.823. The number of ether oxygens (including phenoxy) is 2. The second-order valence-electron chi connectivity index (χ2n) is 4.70. The van der Waals surface area contributed by atoms with E-state index in [1.807, 2.05) is 6.92 Å². The Morgan fingerprint density at radius 1 is 1.30 bits per heavy atom. The zero-order chi connectivity index (χ0) is 15.4. The van der Waals surface area contributed by atoms with E-state index in [1.54, 1.807) is 0 Å². The van der Waals surface area contributed by atoms with E-state index in [9.17, 15) is 9.59 Å². The van der Waals surface area contributed by atoms with Gasteiger partial charge < -0.3 is 20.5 Å². The molecule has 0 aliphatic carbocycles. The van der Waals surface area contributed by atoms with E-state index in [0.29, 0.717) is 6.42 Å². The van der Waals surface area contributed by atoms with Crippen LogP contribution in [0.25, 0.3) is 0 Å². The Labute approximate surface area is 120 Å². The number of terminal acetylenes is 1. The smallest absolute Gasteiger partial charge is 0.407 e. The first-order chi connectivity index (χ1) is 9.49. The van der Waals surface area contributed by atoms with E-state index in [4.69, 9.17) is 21.6 Å². The Morgan fingerprint density at radius 2 is 1.95 bits per heavy atom. The van der Waals surface area contributed by atoms with Gasteiger partial charge in [0.15, 0.2) is 0 Å². The molecule has 0 saturated carbocycles. The fourth-order valence-corrected chi connectivity index (χ4v) is 1.74. The quantitative estimate of drug-likeness (QED) is 0.634. The van der Waals surface area contributed by atoms with Crippen LogP contribution in [0.1, 0.15) is 39.5 Å². The predicted octanol–water partition coefficient (Wildman–Crippen LogP) is 2.03. The SMILES string of the molecule is C#CCNC(=O)OCC(CC)(CCCC)COC(N)=O. The number of nitrogens with two attached hydrogens (primary N) is 1. The highest BCUT2D eigenvalue weighted by Crippen LogP contribution is 2.30. The van der Waals surface area contributed by atoms with Crippen molar-refractivity contribution >= 4 is 12.2 Å². The van der Waals surface area contributed by atoms with Gasteiger partial charge in [-0.3, -0.25) is 0 Å². The first-order valence-electron chi connectivity index (χ1n) is 6.76. The van der Waals surface area contributed by atoms with Gasteiger partial charge >= 0.3 is 12.2 Å². The van der Waals surface area contributed by atoms with E-state index in [0.717, 1.165) is 19.3 Å². The van der Waals surface area contributed by atoms with Crippen LogP contribution in [0.15, 0.2) is 0 Å². The number of carbonyl (C=O) groups is 2. The van der Waals surface area contributed by atoms with E-state index < -0.39 is 17.6 Å². The molecule has 6 heteroatoms. The third-order valence-corrected chi connectivity index (χ3v) is 3.18. The van der Waals surface area contributed by atoms with Crippen LogP contribution in [-0.2, 0) is 9.47 Å². The van der Waals surface area contributed by atoms with Gasteiger partial charge in [-0.1, -0.05) is 32.6 Å². The highest BCUT2D eigenvalue weighted by molar-refractivity contribution is 5.67. The first kappa shape index (κ1) is 18.1. The van der Waals surface area contributed by atoms with E-state index in [2.05, 4.69) is 18.2 Å². The summed E-state index contributed by atoms with van der Waals surface area (Å²) in [5.74, 6) is 2.29. The Kier molecular flexibility index (Phi) is 9.01. The fourth-order valence-electron chi connectivity index (χ4n) is 1.74. The number of hydrogen-bond donors (Lipinski definition) is 2. The molecule has 20 heavy (non-hydrogen) atoms. The standard InChI is InChI=1S/C14H24N2O4/c1-4-7-8-14(6-3,10-19-12(15)17)11-20-13(18)16-9-5-2/h2H,4,6-11H2,1,3H3,(H2,15,17)(H,16,18). The first-order valence-corrected chi connectivity index (χ1v) is 6.76. The van der Waals surface area contributed by atoms with Gasteiger partial charge in [-0.2, -0.15) is 0 Å². The lowest BCUT2D eigenvalue weighted by Crippen LogP contribution is -2.37. The second kappa shape index (κ2) is 9.96. The summed E-state index contributed by atoms with van der Waals surface area (Å²) in [5, 5.41) is 2.42. The topological polar surface area (TPSA) is 90.7 Å². The normalized spacial score (nSPS) is 12.8. The summed E-state index contributed by atoms with van der Waals surface area (Å²) < 4.78 is 10.1. The van der Waals surface area contributed by atoms with Crippen LogP contribution in [0.5, 0.6) is 0 Å². The van der Waals surface area contributed by atoms with Crippen molar-refractivity contribution in [1.29, 1.82) is 0 Å². The Hall–Kier alpha value is -1.90. The number of carbonyl (C=O) groups excluding carboxylic acids is 2. The maximum Gasteiger partial charge on any atom is 0.407 e. The number of amides is 2. The van der Waals surface area contributed by atoms with Crippen LogP contribution in [0, 0.1) is 17.8 Å². The molecule has 3 N–H and O–H groups in total. The molecular formula is C14H24N2O4. The molecule has 1 atom stereocenters. The molecule has 0 aromatic carbocycles. The van der Waals surface area contributed by atoms with Crippen molar-refractivity contribution in [2.45, 2.75) is 39.5 Å². The van der Waals surface area contributed by atoms with Crippen molar-refractivity contribution in [3.63, 3.8) is 0 Å². The molecule has 0 aliphatic rings. The van der Waals surface area contributed by atoms with E-state index >= 15 is 0 Å². The van der Waals surface area contributed by atoms with Crippen LogP contribution < -0.4 is 11.1 Å². The summed E-state index contributed by atoms with van der Waals surface area (Å²) in [6, 6.07) is 0. The van der Waals surface area contributed by atoms with Crippen LogP contribution >= 0.6 is 0 Å². The number of nitrogens with one attached hydrogen (secondary N) is 1. The molecule has 2 amide bonds. The van der Waals surface area contributed by atoms with Gasteiger partial charge in [0.2, 0.25) is 0 Å². The average Bonchev–Trinajstić information content (AvgIpc) is 2.44. The summed E-state index contributed by atoms with van der Waals surface area (Å²) in [6.45, 7) is 4.44. The van der Waals surface area contributed by atoms with Crippen molar-refractivity contribution in [2.24, 2.45) is 11.1 Å². The maximum atomic E-state index is 11.4. The molecule has 0 aromatic heterocycles. The van der Waals surface area contributed by atoms with Crippen LogP contribution in [0.2, 0.25) is 0 Å². The van der Waals surface area contributed by atoms with Gasteiger partial charge in [0, 0.05) is 5.41 Å². The van der Waals surface area contributed by atoms with Crippen molar-refractivity contribution in [3.05, 3.63) is 0 Å². The molecule has 0 bridgehead atoms. The van der Waals surface area contributed by atoms with Gasteiger partial charge in [0.05, 0.1) is 6.54 Å². The summed E-state index contributed by atoms with van der Waals surface area (Å²) >= 11 is 0. The Balaban J connectivity index is 4.52. The van der Waals surface area contributed by atoms with Crippen molar-refractivity contribution < 1.29 is 19.1 Å². The maximum absolute atomic E-state index is 11.4. The molecule has 0 aliphatic heterocycles. The molecule has 0 heterocycles. The largest absolute Gasteiger partial charge is 0.449 e. The van der Waals surface area contributed by atoms with Crippen molar-refractivity contribution in [3.8, 4) is 12.3 Å². The highest BCUT2D eigenvalue weighted by Gasteiger charge is 2.31. The summed E-state index contributed by atoms with van der Waals surface area (Å²) in [5.41, 5.74) is 4.60. The third kappa shape index (κ3) is 7.52. The summed E-state index contributed by atoms with van der Waals surface area (Å²) in [7, 11) is 0. The monoisotopic (exact) mass is 284 g/mol. The van der Waals surface area contributed by atoms with Gasteiger partial charge in [-0.15, -0.1) is 6.42 Å². The number of alkyl carbamates (subject to hydrolysis) is 1. The van der Waals surface area contributed by atoms with Gasteiger partial charge in [0.1, 0.15) is 13.2 Å². The van der Waals surface area contributed by atoms with E-state index in [1.165, 1.54) is 0 Å².